The second-order valence-corrected chi connectivity index (χ2v) is 7.71. The number of anilines is 2. The molecule has 2 aromatic rings. The molecule has 6 heteroatoms. The quantitative estimate of drug-likeness (QED) is 0.598. The standard InChI is InChI=1S/C24H29F2N3O/c1-3-5-9-19-11-12-21(23(30)28-20-10-6-8-18(4-2)17-20)22(27-19)29-15-7-13-24(25,26)14-16-29/h3,6,8,10-12,17H,1,4-5,7,9,13-16H2,2H3,(H,28,30). The molecule has 160 valence electrons. The maximum Gasteiger partial charge on any atom is 0.259 e. The van der Waals surface area contributed by atoms with Gasteiger partial charge in [-0.2, -0.15) is 0 Å². The summed E-state index contributed by atoms with van der Waals surface area (Å²) in [4.78, 5) is 19.6. The number of benzene rings is 1. The number of carbonyl (C=O) groups excluding carboxylic acids is 1. The van der Waals surface area contributed by atoms with Crippen LogP contribution in [0.3, 0.4) is 0 Å². The van der Waals surface area contributed by atoms with Crippen LogP contribution in [0.15, 0.2) is 49.1 Å². The van der Waals surface area contributed by atoms with Crippen LogP contribution >= 0.6 is 0 Å². The number of pyridine rings is 1. The van der Waals surface area contributed by atoms with E-state index in [1.807, 2.05) is 41.3 Å². The zero-order chi connectivity index (χ0) is 21.6. The van der Waals surface area contributed by atoms with Crippen molar-refractivity contribution in [3.8, 4) is 0 Å². The predicted octanol–water partition coefficient (Wildman–Crippen LogP) is 5.64. The van der Waals surface area contributed by atoms with Gasteiger partial charge in [0.25, 0.3) is 5.91 Å². The number of hydrogen-bond acceptors (Lipinski definition) is 3. The topological polar surface area (TPSA) is 45.2 Å². The van der Waals surface area contributed by atoms with Crippen LogP contribution < -0.4 is 10.2 Å². The van der Waals surface area contributed by atoms with Crippen LogP contribution in [0.5, 0.6) is 0 Å². The summed E-state index contributed by atoms with van der Waals surface area (Å²) in [6, 6.07) is 11.3. The van der Waals surface area contributed by atoms with Gasteiger partial charge in [0.1, 0.15) is 5.82 Å². The molecule has 0 aliphatic carbocycles. The molecule has 0 atom stereocenters. The fraction of sp³-hybridized carbons (Fsp3) is 0.417. The third-order valence-corrected chi connectivity index (χ3v) is 5.39. The minimum Gasteiger partial charge on any atom is -0.356 e. The molecule has 0 saturated carbocycles. The van der Waals surface area contributed by atoms with Gasteiger partial charge in [0, 0.05) is 37.3 Å². The van der Waals surface area contributed by atoms with E-state index in [0.717, 1.165) is 24.1 Å². The summed E-state index contributed by atoms with van der Waals surface area (Å²) in [5.41, 5.74) is 3.07. The molecule has 0 bridgehead atoms. The van der Waals surface area contributed by atoms with E-state index in [-0.39, 0.29) is 25.3 Å². The molecular weight excluding hydrogens is 384 g/mol. The number of aryl methyl sites for hydroxylation is 2. The molecule has 1 saturated heterocycles. The minimum absolute atomic E-state index is 0.134. The van der Waals surface area contributed by atoms with Gasteiger partial charge in [-0.15, -0.1) is 6.58 Å². The van der Waals surface area contributed by atoms with Crippen molar-refractivity contribution in [3.63, 3.8) is 0 Å². The first kappa shape index (κ1) is 21.9. The van der Waals surface area contributed by atoms with Crippen LogP contribution in [0.2, 0.25) is 0 Å². The Balaban J connectivity index is 1.89. The molecule has 1 N–H and O–H groups in total. The van der Waals surface area contributed by atoms with Crippen molar-refractivity contribution in [1.29, 1.82) is 0 Å². The molecule has 1 amide bonds. The van der Waals surface area contributed by atoms with E-state index in [4.69, 9.17) is 4.98 Å². The average Bonchev–Trinajstić information content (AvgIpc) is 2.92. The van der Waals surface area contributed by atoms with E-state index in [0.29, 0.717) is 36.5 Å². The van der Waals surface area contributed by atoms with Crippen molar-refractivity contribution in [2.24, 2.45) is 0 Å². The molecule has 3 rings (SSSR count). The van der Waals surface area contributed by atoms with Crippen LogP contribution in [-0.4, -0.2) is 29.9 Å². The van der Waals surface area contributed by atoms with E-state index in [2.05, 4.69) is 18.8 Å². The fourth-order valence-corrected chi connectivity index (χ4v) is 3.64. The van der Waals surface area contributed by atoms with Crippen molar-refractivity contribution < 1.29 is 13.6 Å². The molecule has 1 aromatic carbocycles. The van der Waals surface area contributed by atoms with Crippen molar-refractivity contribution >= 4 is 17.4 Å². The van der Waals surface area contributed by atoms with Crippen molar-refractivity contribution in [3.05, 3.63) is 65.9 Å². The lowest BCUT2D eigenvalue weighted by molar-refractivity contribution is -0.0102. The SMILES string of the molecule is C=CCCc1ccc(C(=O)Nc2cccc(CC)c2)c(N2CCCC(F)(F)CC2)n1. The van der Waals surface area contributed by atoms with Crippen LogP contribution in [0, 0.1) is 0 Å². The largest absolute Gasteiger partial charge is 0.356 e. The smallest absolute Gasteiger partial charge is 0.259 e. The summed E-state index contributed by atoms with van der Waals surface area (Å²) in [6.45, 7) is 6.43. The average molecular weight is 414 g/mol. The highest BCUT2D eigenvalue weighted by Gasteiger charge is 2.33. The van der Waals surface area contributed by atoms with Gasteiger partial charge in [-0.05, 0) is 55.5 Å². The number of rotatable bonds is 7. The molecule has 1 aromatic heterocycles. The lowest BCUT2D eigenvalue weighted by Gasteiger charge is -2.24. The lowest BCUT2D eigenvalue weighted by Crippen LogP contribution is -2.29. The Labute approximate surface area is 177 Å². The lowest BCUT2D eigenvalue weighted by atomic mass is 10.1. The number of allylic oxidation sites excluding steroid dienone is 1. The molecule has 30 heavy (non-hydrogen) atoms. The van der Waals surface area contributed by atoms with Gasteiger partial charge >= 0.3 is 0 Å². The molecule has 0 radical (unpaired) electrons. The third kappa shape index (κ3) is 5.65. The number of nitrogens with zero attached hydrogens (tertiary/aromatic N) is 2. The Morgan fingerprint density at radius 2 is 2.10 bits per heavy atom. The molecule has 1 aliphatic rings. The summed E-state index contributed by atoms with van der Waals surface area (Å²) >= 11 is 0. The molecule has 0 unspecified atom stereocenters. The third-order valence-electron chi connectivity index (χ3n) is 5.39. The highest BCUT2D eigenvalue weighted by atomic mass is 19.3. The van der Waals surface area contributed by atoms with E-state index in [1.54, 1.807) is 6.07 Å². The Bertz CT molecular complexity index is 898. The highest BCUT2D eigenvalue weighted by molar-refractivity contribution is 6.07. The molecule has 1 fully saturated rings. The zero-order valence-corrected chi connectivity index (χ0v) is 17.5. The second-order valence-electron chi connectivity index (χ2n) is 7.71. The van der Waals surface area contributed by atoms with Crippen LogP contribution in [0.25, 0.3) is 0 Å². The minimum atomic E-state index is -2.67. The number of aromatic nitrogens is 1. The van der Waals surface area contributed by atoms with Gasteiger partial charge in [-0.1, -0.05) is 25.1 Å². The number of halogens is 2. The maximum atomic E-state index is 13.9. The Morgan fingerprint density at radius 1 is 1.27 bits per heavy atom. The molecular formula is C24H29F2N3O. The molecule has 1 aliphatic heterocycles. The number of carbonyl (C=O) groups is 1. The maximum absolute atomic E-state index is 13.9. The summed E-state index contributed by atoms with van der Waals surface area (Å²) in [7, 11) is 0. The molecule has 2 heterocycles. The number of alkyl halides is 2. The van der Waals surface area contributed by atoms with Gasteiger partial charge in [-0.25, -0.2) is 13.8 Å². The first-order valence-electron chi connectivity index (χ1n) is 10.6. The number of hydrogen-bond donors (Lipinski definition) is 1. The Kier molecular flexibility index (Phi) is 7.19. The van der Waals surface area contributed by atoms with Crippen molar-refractivity contribution in [2.45, 2.75) is 51.4 Å². The van der Waals surface area contributed by atoms with E-state index < -0.39 is 5.92 Å². The van der Waals surface area contributed by atoms with Crippen LogP contribution in [-0.2, 0) is 12.8 Å². The summed E-state index contributed by atoms with van der Waals surface area (Å²) in [5, 5.41) is 2.94. The van der Waals surface area contributed by atoms with Gasteiger partial charge in [0.2, 0.25) is 5.92 Å². The fourth-order valence-electron chi connectivity index (χ4n) is 3.64. The van der Waals surface area contributed by atoms with Crippen molar-refractivity contribution in [1.82, 2.24) is 4.98 Å². The molecule has 0 spiro atoms. The first-order chi connectivity index (χ1) is 14.4. The van der Waals surface area contributed by atoms with E-state index >= 15 is 0 Å². The van der Waals surface area contributed by atoms with Gasteiger partial charge < -0.3 is 10.2 Å². The Hall–Kier alpha value is -2.76. The predicted molar refractivity (Wildman–Crippen MR) is 118 cm³/mol. The van der Waals surface area contributed by atoms with E-state index in [9.17, 15) is 13.6 Å². The summed E-state index contributed by atoms with van der Waals surface area (Å²) in [6.07, 6.45) is 4.15. The van der Waals surface area contributed by atoms with Gasteiger partial charge in [0.05, 0.1) is 5.56 Å². The first-order valence-corrected chi connectivity index (χ1v) is 10.6. The highest BCUT2D eigenvalue weighted by Crippen LogP contribution is 2.31. The van der Waals surface area contributed by atoms with Gasteiger partial charge in [0.15, 0.2) is 0 Å². The van der Waals surface area contributed by atoms with Crippen LogP contribution in [0.1, 0.15) is 54.2 Å². The Morgan fingerprint density at radius 3 is 2.87 bits per heavy atom. The summed E-state index contributed by atoms with van der Waals surface area (Å²) in [5.74, 6) is -2.46. The monoisotopic (exact) mass is 413 g/mol. The van der Waals surface area contributed by atoms with Gasteiger partial charge in [-0.3, -0.25) is 4.79 Å². The van der Waals surface area contributed by atoms with E-state index in [1.165, 1.54) is 0 Å². The number of amides is 1. The zero-order valence-electron chi connectivity index (χ0n) is 17.5. The summed E-state index contributed by atoms with van der Waals surface area (Å²) < 4.78 is 27.8. The number of nitrogens with one attached hydrogen (secondary N) is 1. The van der Waals surface area contributed by atoms with Crippen LogP contribution in [0.4, 0.5) is 20.3 Å². The van der Waals surface area contributed by atoms with Crippen molar-refractivity contribution in [2.75, 3.05) is 23.3 Å². The second kappa shape index (κ2) is 9.83. The normalized spacial score (nSPS) is 16.0. The molecule has 4 nitrogen and oxygen atoms in total.